The molecular weight excluding hydrogens is 242 g/mol. The number of ketones is 1. The Morgan fingerprint density at radius 1 is 1.35 bits per heavy atom. The molecular formula is C12H16ClNO3. The van der Waals surface area contributed by atoms with Crippen LogP contribution in [0.2, 0.25) is 5.02 Å². The molecule has 0 heterocycles. The van der Waals surface area contributed by atoms with E-state index in [-0.39, 0.29) is 12.2 Å². The van der Waals surface area contributed by atoms with Gasteiger partial charge in [-0.05, 0) is 19.5 Å². The molecule has 0 fully saturated rings. The fourth-order valence-electron chi connectivity index (χ4n) is 1.73. The summed E-state index contributed by atoms with van der Waals surface area (Å²) in [6.45, 7) is 2.09. The monoisotopic (exact) mass is 257 g/mol. The second-order valence-corrected chi connectivity index (χ2v) is 3.97. The molecule has 1 aromatic rings. The smallest absolute Gasteiger partial charge is 0.167 e. The minimum Gasteiger partial charge on any atom is -0.496 e. The van der Waals surface area contributed by atoms with Crippen molar-refractivity contribution in [3.63, 3.8) is 0 Å². The summed E-state index contributed by atoms with van der Waals surface area (Å²) in [5.41, 5.74) is 6.53. The van der Waals surface area contributed by atoms with Crippen LogP contribution in [0.4, 0.5) is 0 Å². The van der Waals surface area contributed by atoms with Gasteiger partial charge in [-0.2, -0.15) is 0 Å². The third kappa shape index (κ3) is 2.70. The molecule has 4 nitrogen and oxygen atoms in total. The van der Waals surface area contributed by atoms with Gasteiger partial charge in [0.15, 0.2) is 5.78 Å². The van der Waals surface area contributed by atoms with Gasteiger partial charge in [0.05, 0.1) is 24.8 Å². The lowest BCUT2D eigenvalue weighted by Gasteiger charge is -2.15. The highest BCUT2D eigenvalue weighted by Crippen LogP contribution is 2.38. The molecule has 0 atom stereocenters. The van der Waals surface area contributed by atoms with Crippen LogP contribution in [0.15, 0.2) is 6.07 Å². The van der Waals surface area contributed by atoms with Crippen molar-refractivity contribution < 1.29 is 14.3 Å². The lowest BCUT2D eigenvalue weighted by molar-refractivity contribution is 0.0982. The Labute approximate surface area is 106 Å². The van der Waals surface area contributed by atoms with Crippen molar-refractivity contribution in [3.05, 3.63) is 22.2 Å². The molecule has 0 radical (unpaired) electrons. The first-order chi connectivity index (χ1) is 8.06. The van der Waals surface area contributed by atoms with Gasteiger partial charge in [-0.1, -0.05) is 11.6 Å². The zero-order chi connectivity index (χ0) is 13.0. The molecule has 1 aromatic carbocycles. The molecule has 0 spiro atoms. The average Bonchev–Trinajstić information content (AvgIpc) is 2.29. The minimum absolute atomic E-state index is 0.0861. The summed E-state index contributed by atoms with van der Waals surface area (Å²) >= 11 is 6.04. The molecule has 1 rings (SSSR count). The fourth-order valence-corrected chi connectivity index (χ4v) is 2.06. The Balaban J connectivity index is 3.36. The van der Waals surface area contributed by atoms with Crippen LogP contribution >= 0.6 is 11.6 Å². The molecule has 2 N–H and O–H groups in total. The number of hydrogen-bond donors (Lipinski definition) is 1. The van der Waals surface area contributed by atoms with Crippen molar-refractivity contribution in [1.29, 1.82) is 0 Å². The quantitative estimate of drug-likeness (QED) is 0.822. The van der Waals surface area contributed by atoms with Crippen LogP contribution < -0.4 is 15.2 Å². The van der Waals surface area contributed by atoms with E-state index in [1.54, 1.807) is 13.0 Å². The van der Waals surface area contributed by atoms with E-state index in [1.165, 1.54) is 14.2 Å². The topological polar surface area (TPSA) is 61.5 Å². The van der Waals surface area contributed by atoms with Crippen LogP contribution in [0.3, 0.4) is 0 Å². The number of carbonyl (C=O) groups excluding carboxylic acids is 1. The summed E-state index contributed by atoms with van der Waals surface area (Å²) in [5, 5.41) is 0.395. The van der Waals surface area contributed by atoms with Crippen molar-refractivity contribution in [2.24, 2.45) is 5.73 Å². The number of carbonyl (C=O) groups is 1. The number of ether oxygens (including phenoxy) is 2. The van der Waals surface area contributed by atoms with Crippen LogP contribution in [0.5, 0.6) is 11.5 Å². The highest BCUT2D eigenvalue weighted by Gasteiger charge is 2.19. The highest BCUT2D eigenvalue weighted by atomic mass is 35.5. The number of rotatable bonds is 5. The first kappa shape index (κ1) is 13.8. The third-order valence-electron chi connectivity index (χ3n) is 2.49. The highest BCUT2D eigenvalue weighted by molar-refractivity contribution is 6.32. The second kappa shape index (κ2) is 5.89. The molecule has 5 heteroatoms. The van der Waals surface area contributed by atoms with Crippen LogP contribution in [-0.4, -0.2) is 26.5 Å². The lowest BCUT2D eigenvalue weighted by Crippen LogP contribution is -2.10. The van der Waals surface area contributed by atoms with Crippen molar-refractivity contribution in [2.75, 3.05) is 20.8 Å². The predicted octanol–water partition coefficient (Wildman–Crippen LogP) is 2.20. The molecule has 0 saturated carbocycles. The van der Waals surface area contributed by atoms with Gasteiger partial charge in [-0.15, -0.1) is 0 Å². The van der Waals surface area contributed by atoms with E-state index in [2.05, 4.69) is 0 Å². The van der Waals surface area contributed by atoms with Gasteiger partial charge in [-0.25, -0.2) is 0 Å². The van der Waals surface area contributed by atoms with E-state index in [0.717, 1.165) is 0 Å². The molecule has 17 heavy (non-hydrogen) atoms. The molecule has 0 aromatic heterocycles. The Hall–Kier alpha value is -1.26. The third-order valence-corrected chi connectivity index (χ3v) is 2.77. The van der Waals surface area contributed by atoms with Gasteiger partial charge in [0.2, 0.25) is 0 Å². The molecule has 0 saturated heterocycles. The zero-order valence-corrected chi connectivity index (χ0v) is 10.9. The SMILES string of the molecule is COc1c(Cl)cc(C(=O)CCN)c(OC)c1C. The summed E-state index contributed by atoms with van der Waals surface area (Å²) in [7, 11) is 3.03. The maximum absolute atomic E-state index is 11.9. The molecule has 0 amide bonds. The van der Waals surface area contributed by atoms with Gasteiger partial charge in [0.1, 0.15) is 11.5 Å². The van der Waals surface area contributed by atoms with Gasteiger partial charge in [0, 0.05) is 12.0 Å². The Morgan fingerprint density at radius 3 is 2.41 bits per heavy atom. The maximum atomic E-state index is 11.9. The number of nitrogens with two attached hydrogens (primary N) is 1. The number of benzene rings is 1. The van der Waals surface area contributed by atoms with Crippen molar-refractivity contribution in [3.8, 4) is 11.5 Å². The predicted molar refractivity (Wildman–Crippen MR) is 67.3 cm³/mol. The van der Waals surface area contributed by atoms with E-state index in [9.17, 15) is 4.79 Å². The van der Waals surface area contributed by atoms with Crippen LogP contribution in [0, 0.1) is 6.92 Å². The number of Topliss-reactive ketones (excluding diaryl/α,β-unsaturated/α-hetero) is 1. The van der Waals surface area contributed by atoms with Crippen molar-refractivity contribution >= 4 is 17.4 Å². The lowest BCUT2D eigenvalue weighted by atomic mass is 10.0. The number of methoxy groups -OCH3 is 2. The first-order valence-corrected chi connectivity index (χ1v) is 5.58. The van der Waals surface area contributed by atoms with E-state index in [4.69, 9.17) is 26.8 Å². The van der Waals surface area contributed by atoms with Gasteiger partial charge in [-0.3, -0.25) is 4.79 Å². The summed E-state index contributed by atoms with van der Waals surface area (Å²) < 4.78 is 10.4. The second-order valence-electron chi connectivity index (χ2n) is 3.56. The largest absolute Gasteiger partial charge is 0.496 e. The summed E-state index contributed by atoms with van der Waals surface area (Å²) in [6, 6.07) is 1.56. The maximum Gasteiger partial charge on any atom is 0.167 e. The van der Waals surface area contributed by atoms with Crippen molar-refractivity contribution in [1.82, 2.24) is 0 Å². The van der Waals surface area contributed by atoms with Crippen LogP contribution in [0.1, 0.15) is 22.3 Å². The standard InChI is InChI=1S/C12H16ClNO3/c1-7-11(16-2)8(10(15)4-5-14)6-9(13)12(7)17-3/h6H,4-5,14H2,1-3H3. The van der Waals surface area contributed by atoms with Gasteiger partial charge >= 0.3 is 0 Å². The Kier molecular flexibility index (Phi) is 4.78. The zero-order valence-electron chi connectivity index (χ0n) is 10.2. The number of halogens is 1. The van der Waals surface area contributed by atoms with Crippen LogP contribution in [0.25, 0.3) is 0 Å². The fraction of sp³-hybridized carbons (Fsp3) is 0.417. The Bertz CT molecular complexity index is 432. The average molecular weight is 258 g/mol. The molecule has 0 bridgehead atoms. The molecule has 0 aliphatic carbocycles. The summed E-state index contributed by atoms with van der Waals surface area (Å²) in [4.78, 5) is 11.9. The van der Waals surface area contributed by atoms with Crippen molar-refractivity contribution in [2.45, 2.75) is 13.3 Å². The Morgan fingerprint density at radius 2 is 1.94 bits per heavy atom. The van der Waals surface area contributed by atoms with E-state index < -0.39 is 0 Å². The van der Waals surface area contributed by atoms with E-state index in [1.807, 2.05) is 0 Å². The first-order valence-electron chi connectivity index (χ1n) is 5.21. The minimum atomic E-state index is -0.0861. The van der Waals surface area contributed by atoms with E-state index >= 15 is 0 Å². The summed E-state index contributed by atoms with van der Waals surface area (Å²) in [6.07, 6.45) is 0.262. The summed E-state index contributed by atoms with van der Waals surface area (Å²) in [5.74, 6) is 0.925. The van der Waals surface area contributed by atoms with E-state index in [0.29, 0.717) is 34.2 Å². The number of hydrogen-bond acceptors (Lipinski definition) is 4. The molecule has 0 aliphatic rings. The van der Waals surface area contributed by atoms with Gasteiger partial charge in [0.25, 0.3) is 0 Å². The molecule has 94 valence electrons. The van der Waals surface area contributed by atoms with Gasteiger partial charge < -0.3 is 15.2 Å². The molecule has 0 aliphatic heterocycles. The normalized spacial score (nSPS) is 10.2. The molecule has 0 unspecified atom stereocenters. The van der Waals surface area contributed by atoms with Crippen LogP contribution in [-0.2, 0) is 0 Å².